The molecule has 2 N–H and O–H groups in total. The molecule has 1 atom stereocenters. The zero-order valence-corrected chi connectivity index (χ0v) is 22.2. The highest BCUT2D eigenvalue weighted by Crippen LogP contribution is 2.39. The smallest absolute Gasteiger partial charge is 0.320 e. The number of amides is 2. The number of rotatable bonds is 8. The number of morpholine rings is 1. The van der Waals surface area contributed by atoms with Crippen molar-refractivity contribution in [2.24, 2.45) is 11.1 Å². The summed E-state index contributed by atoms with van der Waals surface area (Å²) in [6.45, 7) is 9.21. The van der Waals surface area contributed by atoms with E-state index < -0.39 is 23.1 Å². The average molecular weight is 527 g/mol. The third kappa shape index (κ3) is 6.36. The minimum atomic E-state index is -0.619. The van der Waals surface area contributed by atoms with Crippen LogP contribution in [0.1, 0.15) is 44.6 Å². The van der Waals surface area contributed by atoms with Crippen LogP contribution in [0.25, 0.3) is 11.4 Å². The molecule has 4 rings (SSSR count). The lowest BCUT2D eigenvalue weighted by molar-refractivity contribution is 0.0281. The van der Waals surface area contributed by atoms with Gasteiger partial charge in [-0.15, -0.1) is 0 Å². The van der Waals surface area contributed by atoms with Gasteiger partial charge >= 0.3 is 6.03 Å². The summed E-state index contributed by atoms with van der Waals surface area (Å²) >= 11 is 0. The van der Waals surface area contributed by atoms with Crippen LogP contribution in [0.4, 0.5) is 13.6 Å². The number of carbonyl (C=O) groups is 1. The van der Waals surface area contributed by atoms with E-state index in [-0.39, 0.29) is 17.4 Å². The van der Waals surface area contributed by atoms with Crippen molar-refractivity contribution in [1.82, 2.24) is 24.6 Å². The van der Waals surface area contributed by atoms with Crippen molar-refractivity contribution in [2.45, 2.75) is 39.8 Å². The van der Waals surface area contributed by atoms with Gasteiger partial charge in [-0.3, -0.25) is 0 Å². The van der Waals surface area contributed by atoms with Crippen molar-refractivity contribution >= 4 is 6.03 Å². The molecule has 10 heteroatoms. The van der Waals surface area contributed by atoms with Crippen LogP contribution in [-0.4, -0.2) is 70.0 Å². The predicted octanol–water partition coefficient (Wildman–Crippen LogP) is 4.46. The topological polar surface area (TPSA) is 89.5 Å². The molecule has 0 spiro atoms. The maximum atomic E-state index is 14.8. The number of benzene rings is 2. The van der Waals surface area contributed by atoms with Gasteiger partial charge in [0.15, 0.2) is 11.6 Å². The molecule has 0 saturated carbocycles. The molecule has 204 valence electrons. The van der Waals surface area contributed by atoms with E-state index in [2.05, 4.69) is 5.10 Å². The number of aromatic nitrogens is 3. The van der Waals surface area contributed by atoms with Gasteiger partial charge in [-0.25, -0.2) is 23.2 Å². The lowest BCUT2D eigenvalue weighted by atomic mass is 9.84. The molecule has 1 unspecified atom stereocenters. The Balaban J connectivity index is 1.85. The molecule has 2 aromatic carbocycles. The highest BCUT2D eigenvalue weighted by atomic mass is 19.1. The van der Waals surface area contributed by atoms with E-state index in [0.717, 1.165) is 23.8 Å². The molecule has 1 aromatic heterocycles. The molecule has 2 amide bonds. The summed E-state index contributed by atoms with van der Waals surface area (Å²) in [5.74, 6) is -0.633. The van der Waals surface area contributed by atoms with Crippen LogP contribution >= 0.6 is 0 Å². The summed E-state index contributed by atoms with van der Waals surface area (Å²) in [5, 5.41) is 4.65. The zero-order valence-electron chi connectivity index (χ0n) is 22.2. The molecule has 1 fully saturated rings. The second-order valence-corrected chi connectivity index (χ2v) is 10.5. The fourth-order valence-electron chi connectivity index (χ4n) is 4.74. The number of carbonyl (C=O) groups excluding carboxylic acids is 1. The summed E-state index contributed by atoms with van der Waals surface area (Å²) < 4.78 is 36.1. The van der Waals surface area contributed by atoms with Gasteiger partial charge in [0.2, 0.25) is 0 Å². The molecule has 0 aliphatic carbocycles. The number of halogens is 2. The van der Waals surface area contributed by atoms with Gasteiger partial charge in [0.05, 0.1) is 31.4 Å². The largest absolute Gasteiger partial charge is 0.378 e. The van der Waals surface area contributed by atoms with Gasteiger partial charge < -0.3 is 20.3 Å². The molecule has 8 nitrogen and oxygen atoms in total. The standard InChI is InChI=1S/C28H36F2N6O2/c1-28(2,3)24(35(13-7-12-31)27(37)34-14-16-38-17-15-34)26-32-25(22-18-21(29)10-11-23(22)30)33-36(26)19-20-8-5-4-6-9-20/h4-6,8-11,18,24H,7,12-17,19,31H2,1-3H3. The Morgan fingerprint density at radius 1 is 1.13 bits per heavy atom. The molecule has 1 aliphatic rings. The van der Waals surface area contributed by atoms with Crippen molar-refractivity contribution < 1.29 is 18.3 Å². The Morgan fingerprint density at radius 3 is 2.50 bits per heavy atom. The van der Waals surface area contributed by atoms with Gasteiger partial charge in [0.25, 0.3) is 0 Å². The van der Waals surface area contributed by atoms with E-state index in [9.17, 15) is 13.6 Å². The normalized spacial score (nSPS) is 14.9. The minimum Gasteiger partial charge on any atom is -0.378 e. The van der Waals surface area contributed by atoms with E-state index >= 15 is 0 Å². The van der Waals surface area contributed by atoms with Crippen LogP contribution in [0.15, 0.2) is 48.5 Å². The molecule has 38 heavy (non-hydrogen) atoms. The first-order valence-electron chi connectivity index (χ1n) is 13.0. The van der Waals surface area contributed by atoms with Crippen molar-refractivity contribution in [2.75, 3.05) is 39.4 Å². The maximum Gasteiger partial charge on any atom is 0.320 e. The molecule has 3 aromatic rings. The Hall–Kier alpha value is -3.37. The first kappa shape index (κ1) is 27.7. The summed E-state index contributed by atoms with van der Waals surface area (Å²) in [6.07, 6.45) is 0.598. The second-order valence-electron chi connectivity index (χ2n) is 10.5. The molecule has 0 radical (unpaired) electrons. The van der Waals surface area contributed by atoms with E-state index in [1.54, 1.807) is 14.5 Å². The number of nitrogens with zero attached hydrogens (tertiary/aromatic N) is 5. The van der Waals surface area contributed by atoms with Crippen LogP contribution in [0.3, 0.4) is 0 Å². The zero-order chi connectivity index (χ0) is 27.3. The number of hydrogen-bond acceptors (Lipinski definition) is 5. The summed E-state index contributed by atoms with van der Waals surface area (Å²) in [7, 11) is 0. The Labute approximate surface area is 222 Å². The lowest BCUT2D eigenvalue weighted by Gasteiger charge is -2.42. The summed E-state index contributed by atoms with van der Waals surface area (Å²) in [5.41, 5.74) is 6.32. The predicted molar refractivity (Wildman–Crippen MR) is 141 cm³/mol. The third-order valence-corrected chi connectivity index (χ3v) is 6.55. The van der Waals surface area contributed by atoms with Crippen LogP contribution in [0, 0.1) is 17.0 Å². The first-order valence-corrected chi connectivity index (χ1v) is 13.0. The van der Waals surface area contributed by atoms with Crippen molar-refractivity contribution in [1.29, 1.82) is 0 Å². The Bertz CT molecular complexity index is 1220. The van der Waals surface area contributed by atoms with Crippen molar-refractivity contribution in [3.05, 3.63) is 71.6 Å². The van der Waals surface area contributed by atoms with E-state index in [1.165, 1.54) is 0 Å². The molecule has 0 bridgehead atoms. The Kier molecular flexibility index (Phi) is 8.73. The Morgan fingerprint density at radius 2 is 1.84 bits per heavy atom. The molecule has 1 aliphatic heterocycles. The quantitative estimate of drug-likeness (QED) is 0.468. The number of hydrogen-bond donors (Lipinski definition) is 1. The fourth-order valence-corrected chi connectivity index (χ4v) is 4.74. The van der Waals surface area contributed by atoms with Crippen molar-refractivity contribution in [3.63, 3.8) is 0 Å². The van der Waals surface area contributed by atoms with Crippen LogP contribution < -0.4 is 5.73 Å². The van der Waals surface area contributed by atoms with Gasteiger partial charge in [-0.1, -0.05) is 51.1 Å². The first-order chi connectivity index (χ1) is 18.2. The molecule has 1 saturated heterocycles. The minimum absolute atomic E-state index is 0.0289. The SMILES string of the molecule is CC(C)(C)C(c1nc(-c2cc(F)ccc2F)nn1Cc1ccccc1)N(CCCN)C(=O)N1CCOCC1. The van der Waals surface area contributed by atoms with E-state index in [0.29, 0.717) is 58.2 Å². The third-order valence-electron chi connectivity index (χ3n) is 6.55. The van der Waals surface area contributed by atoms with Gasteiger partial charge in [-0.05, 0) is 42.1 Å². The highest BCUT2D eigenvalue weighted by molar-refractivity contribution is 5.75. The average Bonchev–Trinajstić information content (AvgIpc) is 3.30. The van der Waals surface area contributed by atoms with Crippen LogP contribution in [0.2, 0.25) is 0 Å². The van der Waals surface area contributed by atoms with Gasteiger partial charge in [-0.2, -0.15) is 5.10 Å². The summed E-state index contributed by atoms with van der Waals surface area (Å²) in [6, 6.07) is 12.3. The number of urea groups is 1. The molecular formula is C28H36F2N6O2. The van der Waals surface area contributed by atoms with Crippen LogP contribution in [0.5, 0.6) is 0 Å². The second kappa shape index (κ2) is 12.0. The highest BCUT2D eigenvalue weighted by Gasteiger charge is 2.40. The molecular weight excluding hydrogens is 490 g/mol. The van der Waals surface area contributed by atoms with E-state index in [1.807, 2.05) is 51.1 Å². The van der Waals surface area contributed by atoms with Crippen LogP contribution in [-0.2, 0) is 11.3 Å². The van der Waals surface area contributed by atoms with Crippen molar-refractivity contribution in [3.8, 4) is 11.4 Å². The molecule has 2 heterocycles. The lowest BCUT2D eigenvalue weighted by Crippen LogP contribution is -2.52. The number of nitrogens with two attached hydrogens (primary N) is 1. The van der Waals surface area contributed by atoms with Gasteiger partial charge in [0.1, 0.15) is 11.6 Å². The maximum absolute atomic E-state index is 14.8. The van der Waals surface area contributed by atoms with Gasteiger partial charge in [0, 0.05) is 19.6 Å². The number of ether oxygens (including phenoxy) is 1. The fraction of sp³-hybridized carbons (Fsp3) is 0.464. The van der Waals surface area contributed by atoms with E-state index in [4.69, 9.17) is 15.5 Å². The monoisotopic (exact) mass is 526 g/mol. The summed E-state index contributed by atoms with van der Waals surface area (Å²) in [4.78, 5) is 22.3.